The zero-order valence-corrected chi connectivity index (χ0v) is 11.6. The molecule has 90 valence electrons. The lowest BCUT2D eigenvalue weighted by molar-refractivity contribution is 0.379. The van der Waals surface area contributed by atoms with Gasteiger partial charge in [-0.05, 0) is 32.0 Å². The Labute approximate surface area is 105 Å². The van der Waals surface area contributed by atoms with Crippen molar-refractivity contribution in [3.63, 3.8) is 0 Å². The van der Waals surface area contributed by atoms with Crippen LogP contribution in [-0.2, 0) is 6.54 Å². The van der Waals surface area contributed by atoms with E-state index in [9.17, 15) is 0 Å². The van der Waals surface area contributed by atoms with E-state index in [0.29, 0.717) is 6.54 Å². The largest absolute Gasteiger partial charge is 0.496 e. The molecule has 0 aliphatic carbocycles. The topological polar surface area (TPSA) is 47.3 Å². The highest BCUT2D eigenvalue weighted by Crippen LogP contribution is 2.23. The molecule has 0 radical (unpaired) electrons. The Morgan fingerprint density at radius 2 is 2.12 bits per heavy atom. The average Bonchev–Trinajstić information content (AvgIpc) is 2.27. The quantitative estimate of drug-likeness (QED) is 0.873. The normalized spacial score (nSPS) is 11.6. The highest BCUT2D eigenvalue weighted by atomic mass is 79.9. The number of rotatable bonds is 5. The average molecular weight is 287 g/mol. The molecule has 1 aromatic rings. The molecule has 0 aromatic heterocycles. The third kappa shape index (κ3) is 3.77. The second-order valence-corrected chi connectivity index (χ2v) is 5.31. The predicted octanol–water partition coefficient (Wildman–Crippen LogP) is 2.28. The van der Waals surface area contributed by atoms with Crippen LogP contribution in [0.2, 0.25) is 0 Å². The smallest absolute Gasteiger partial charge is 0.123 e. The van der Waals surface area contributed by atoms with Gasteiger partial charge in [-0.25, -0.2) is 0 Å². The second-order valence-electron chi connectivity index (χ2n) is 4.40. The molecular weight excluding hydrogens is 268 g/mol. The first kappa shape index (κ1) is 13.5. The fraction of sp³-hybridized carbons (Fsp3) is 0.500. The molecule has 0 atom stereocenters. The molecule has 1 rings (SSSR count). The van der Waals surface area contributed by atoms with Crippen LogP contribution >= 0.6 is 15.9 Å². The van der Waals surface area contributed by atoms with Gasteiger partial charge in [-0.3, -0.25) is 0 Å². The highest BCUT2D eigenvalue weighted by molar-refractivity contribution is 9.10. The predicted molar refractivity (Wildman–Crippen MR) is 70.7 cm³/mol. The van der Waals surface area contributed by atoms with Crippen LogP contribution in [0.25, 0.3) is 0 Å². The number of ether oxygens (including phenoxy) is 1. The minimum atomic E-state index is -0.0622. The molecule has 3 N–H and O–H groups in total. The lowest BCUT2D eigenvalue weighted by atomic mass is 10.1. The zero-order chi connectivity index (χ0) is 12.2. The highest BCUT2D eigenvalue weighted by Gasteiger charge is 2.15. The minimum absolute atomic E-state index is 0.0622. The van der Waals surface area contributed by atoms with Crippen molar-refractivity contribution in [1.29, 1.82) is 0 Å². The van der Waals surface area contributed by atoms with Crippen molar-refractivity contribution in [1.82, 2.24) is 5.32 Å². The van der Waals surface area contributed by atoms with E-state index in [1.807, 2.05) is 12.1 Å². The van der Waals surface area contributed by atoms with Crippen molar-refractivity contribution in [2.45, 2.75) is 25.9 Å². The van der Waals surface area contributed by atoms with E-state index in [1.165, 1.54) is 0 Å². The molecule has 3 nitrogen and oxygen atoms in total. The molecule has 0 bridgehead atoms. The van der Waals surface area contributed by atoms with Crippen molar-refractivity contribution in [2.24, 2.45) is 5.73 Å². The summed E-state index contributed by atoms with van der Waals surface area (Å²) in [5.74, 6) is 0.892. The van der Waals surface area contributed by atoms with Gasteiger partial charge >= 0.3 is 0 Å². The maximum absolute atomic E-state index is 5.67. The summed E-state index contributed by atoms with van der Waals surface area (Å²) in [7, 11) is 1.68. The summed E-state index contributed by atoms with van der Waals surface area (Å²) in [4.78, 5) is 0. The van der Waals surface area contributed by atoms with Gasteiger partial charge in [0.05, 0.1) is 7.11 Å². The van der Waals surface area contributed by atoms with Gasteiger partial charge in [0.25, 0.3) is 0 Å². The van der Waals surface area contributed by atoms with Crippen LogP contribution in [0.5, 0.6) is 5.75 Å². The van der Waals surface area contributed by atoms with Crippen molar-refractivity contribution in [3.05, 3.63) is 28.2 Å². The molecule has 16 heavy (non-hydrogen) atoms. The number of hydrogen-bond acceptors (Lipinski definition) is 3. The first-order chi connectivity index (χ1) is 7.48. The van der Waals surface area contributed by atoms with Crippen LogP contribution in [0.1, 0.15) is 19.4 Å². The molecular formula is C12H19BrN2O. The van der Waals surface area contributed by atoms with Crippen molar-refractivity contribution < 1.29 is 4.74 Å². The summed E-state index contributed by atoms with van der Waals surface area (Å²) in [6, 6.07) is 5.98. The molecule has 0 aliphatic heterocycles. The first-order valence-electron chi connectivity index (χ1n) is 5.26. The molecule has 0 amide bonds. The monoisotopic (exact) mass is 286 g/mol. The molecule has 0 heterocycles. The Balaban J connectivity index is 2.76. The van der Waals surface area contributed by atoms with E-state index in [1.54, 1.807) is 7.11 Å². The Hall–Kier alpha value is -0.580. The van der Waals surface area contributed by atoms with E-state index in [2.05, 4.69) is 41.2 Å². The van der Waals surface area contributed by atoms with Gasteiger partial charge in [-0.15, -0.1) is 0 Å². The van der Waals surface area contributed by atoms with Gasteiger partial charge in [-0.2, -0.15) is 0 Å². The van der Waals surface area contributed by atoms with Crippen molar-refractivity contribution >= 4 is 15.9 Å². The van der Waals surface area contributed by atoms with Gasteiger partial charge in [-0.1, -0.05) is 15.9 Å². The molecule has 1 aromatic carbocycles. The van der Waals surface area contributed by atoms with Crippen LogP contribution in [0, 0.1) is 0 Å². The number of hydrogen-bond donors (Lipinski definition) is 2. The van der Waals surface area contributed by atoms with Gasteiger partial charge < -0.3 is 15.8 Å². The van der Waals surface area contributed by atoms with Crippen LogP contribution in [0.15, 0.2) is 22.7 Å². The summed E-state index contributed by atoms with van der Waals surface area (Å²) in [5.41, 5.74) is 6.73. The van der Waals surface area contributed by atoms with Gasteiger partial charge in [0.1, 0.15) is 5.75 Å². The van der Waals surface area contributed by atoms with E-state index in [0.717, 1.165) is 22.3 Å². The van der Waals surface area contributed by atoms with Gasteiger partial charge in [0, 0.05) is 28.7 Å². The SMILES string of the molecule is COc1ccc(Br)cc1CNC(C)(C)CN. The number of halogens is 1. The fourth-order valence-electron chi connectivity index (χ4n) is 1.29. The Morgan fingerprint density at radius 3 is 2.69 bits per heavy atom. The number of methoxy groups -OCH3 is 1. The van der Waals surface area contributed by atoms with E-state index in [4.69, 9.17) is 10.5 Å². The number of nitrogens with one attached hydrogen (secondary N) is 1. The maximum Gasteiger partial charge on any atom is 0.123 e. The molecule has 0 saturated heterocycles. The number of benzene rings is 1. The van der Waals surface area contributed by atoms with Gasteiger partial charge in [0.15, 0.2) is 0 Å². The Kier molecular flexibility index (Phi) is 4.77. The Bertz CT molecular complexity index is 353. The lowest BCUT2D eigenvalue weighted by Gasteiger charge is -2.24. The Morgan fingerprint density at radius 1 is 1.44 bits per heavy atom. The molecule has 0 saturated carbocycles. The molecule has 4 heteroatoms. The van der Waals surface area contributed by atoms with Crippen LogP contribution in [0.3, 0.4) is 0 Å². The van der Waals surface area contributed by atoms with Gasteiger partial charge in [0.2, 0.25) is 0 Å². The summed E-state index contributed by atoms with van der Waals surface area (Å²) in [6.07, 6.45) is 0. The summed E-state index contributed by atoms with van der Waals surface area (Å²) < 4.78 is 6.36. The first-order valence-corrected chi connectivity index (χ1v) is 6.05. The van der Waals surface area contributed by atoms with E-state index >= 15 is 0 Å². The molecule has 0 aliphatic rings. The third-order valence-electron chi connectivity index (χ3n) is 2.51. The number of nitrogens with two attached hydrogens (primary N) is 1. The second kappa shape index (κ2) is 5.66. The standard InChI is InChI=1S/C12H19BrN2O/c1-12(2,8-14)15-7-9-6-10(13)4-5-11(9)16-3/h4-6,15H,7-8,14H2,1-3H3. The van der Waals surface area contributed by atoms with Crippen LogP contribution in [-0.4, -0.2) is 19.2 Å². The third-order valence-corrected chi connectivity index (χ3v) is 3.00. The molecule has 0 spiro atoms. The van der Waals surface area contributed by atoms with E-state index < -0.39 is 0 Å². The van der Waals surface area contributed by atoms with Crippen LogP contribution < -0.4 is 15.8 Å². The van der Waals surface area contributed by atoms with Crippen molar-refractivity contribution in [3.8, 4) is 5.75 Å². The summed E-state index contributed by atoms with van der Waals surface area (Å²) >= 11 is 3.45. The summed E-state index contributed by atoms with van der Waals surface area (Å²) in [5, 5.41) is 3.40. The maximum atomic E-state index is 5.67. The summed E-state index contributed by atoms with van der Waals surface area (Å²) in [6.45, 7) is 5.51. The van der Waals surface area contributed by atoms with E-state index in [-0.39, 0.29) is 5.54 Å². The minimum Gasteiger partial charge on any atom is -0.496 e. The zero-order valence-electron chi connectivity index (χ0n) is 10.0. The van der Waals surface area contributed by atoms with Crippen molar-refractivity contribution in [2.75, 3.05) is 13.7 Å². The molecule has 0 fully saturated rings. The lowest BCUT2D eigenvalue weighted by Crippen LogP contribution is -2.45. The molecule has 0 unspecified atom stereocenters. The van der Waals surface area contributed by atoms with Crippen LogP contribution in [0.4, 0.5) is 0 Å². The fourth-order valence-corrected chi connectivity index (χ4v) is 1.70.